The average Bonchev–Trinajstić information content (AvgIpc) is 2.78. The Morgan fingerprint density at radius 2 is 2.26 bits per heavy atom. The highest BCUT2D eigenvalue weighted by Crippen LogP contribution is 2.25. The molecule has 100 valence electrons. The van der Waals surface area contributed by atoms with Crippen LogP contribution in [0.1, 0.15) is 23.0 Å². The molecule has 0 spiro atoms. The first kappa shape index (κ1) is 13.6. The number of aryl methyl sites for hydroxylation is 1. The molecule has 2 aromatic rings. The summed E-state index contributed by atoms with van der Waals surface area (Å²) < 4.78 is 7.37. The molecule has 2 N–H and O–H groups in total. The Bertz CT molecular complexity index is 622. The third-order valence-corrected chi connectivity index (χ3v) is 3.39. The van der Waals surface area contributed by atoms with Crippen LogP contribution >= 0.6 is 15.9 Å². The summed E-state index contributed by atoms with van der Waals surface area (Å²) in [6.07, 6.45) is 1.61. The molecule has 6 heteroatoms. The van der Waals surface area contributed by atoms with Gasteiger partial charge in [-0.1, -0.05) is 0 Å². The molecule has 19 heavy (non-hydrogen) atoms. The van der Waals surface area contributed by atoms with E-state index in [2.05, 4.69) is 21.0 Å². The van der Waals surface area contributed by atoms with Crippen molar-refractivity contribution in [2.24, 2.45) is 0 Å². The van der Waals surface area contributed by atoms with E-state index in [0.717, 1.165) is 0 Å². The Hall–Kier alpha value is -1.82. The first-order chi connectivity index (χ1) is 9.08. The van der Waals surface area contributed by atoms with Gasteiger partial charge in [-0.2, -0.15) is 5.10 Å². The van der Waals surface area contributed by atoms with Crippen LogP contribution in [-0.2, 0) is 6.54 Å². The van der Waals surface area contributed by atoms with Gasteiger partial charge in [-0.3, -0.25) is 9.48 Å². The number of anilines is 1. The van der Waals surface area contributed by atoms with E-state index in [0.29, 0.717) is 33.7 Å². The zero-order valence-corrected chi connectivity index (χ0v) is 12.3. The molecule has 5 nitrogen and oxygen atoms in total. The molecule has 1 heterocycles. The summed E-state index contributed by atoms with van der Waals surface area (Å²) in [5, 5.41) is 4.13. The normalized spacial score (nSPS) is 10.5. The first-order valence-electron chi connectivity index (χ1n) is 5.78. The predicted octanol–water partition coefficient (Wildman–Crippen LogP) is 2.49. The SMILES string of the molecule is CCn1ncc(Br)c1C(=O)c1ccc(OC)cc1N. The van der Waals surface area contributed by atoms with E-state index in [9.17, 15) is 4.79 Å². The minimum absolute atomic E-state index is 0.161. The number of carbonyl (C=O) groups is 1. The van der Waals surface area contributed by atoms with Crippen LogP contribution in [0.25, 0.3) is 0 Å². The van der Waals surface area contributed by atoms with Crippen LogP contribution in [0.3, 0.4) is 0 Å². The van der Waals surface area contributed by atoms with Crippen molar-refractivity contribution in [1.82, 2.24) is 9.78 Å². The van der Waals surface area contributed by atoms with E-state index < -0.39 is 0 Å². The summed E-state index contributed by atoms with van der Waals surface area (Å²) in [7, 11) is 1.55. The second-order valence-corrected chi connectivity index (χ2v) is 4.79. The van der Waals surface area contributed by atoms with Crippen LogP contribution < -0.4 is 10.5 Å². The fourth-order valence-corrected chi connectivity index (χ4v) is 2.31. The molecule has 0 bridgehead atoms. The number of aromatic nitrogens is 2. The molecule has 2 rings (SSSR count). The minimum atomic E-state index is -0.161. The molecule has 0 aliphatic rings. The maximum Gasteiger partial charge on any atom is 0.214 e. The molecule has 1 aromatic heterocycles. The summed E-state index contributed by atoms with van der Waals surface area (Å²) in [5.74, 6) is 0.462. The van der Waals surface area contributed by atoms with Crippen LogP contribution in [0.5, 0.6) is 5.75 Å². The molecule has 0 fully saturated rings. The molecule has 0 aliphatic heterocycles. The van der Waals surface area contributed by atoms with Gasteiger partial charge in [0.1, 0.15) is 11.4 Å². The topological polar surface area (TPSA) is 70.1 Å². The van der Waals surface area contributed by atoms with Crippen molar-refractivity contribution >= 4 is 27.4 Å². The maximum atomic E-state index is 12.5. The molecule has 0 unspecified atom stereocenters. The fraction of sp³-hybridized carbons (Fsp3) is 0.231. The van der Waals surface area contributed by atoms with E-state index in [4.69, 9.17) is 10.5 Å². The van der Waals surface area contributed by atoms with Gasteiger partial charge in [-0.25, -0.2) is 0 Å². The van der Waals surface area contributed by atoms with E-state index >= 15 is 0 Å². The molecule has 0 aliphatic carbocycles. The van der Waals surface area contributed by atoms with E-state index in [-0.39, 0.29) is 5.78 Å². The van der Waals surface area contributed by atoms with Crippen LogP contribution in [0, 0.1) is 0 Å². The quantitative estimate of drug-likeness (QED) is 0.693. The maximum absolute atomic E-state index is 12.5. The number of ketones is 1. The standard InChI is InChI=1S/C13H14BrN3O2/c1-3-17-12(10(14)7-16-17)13(18)9-5-4-8(19-2)6-11(9)15/h4-7H,3,15H2,1-2H3. The van der Waals surface area contributed by atoms with Gasteiger partial charge >= 0.3 is 0 Å². The van der Waals surface area contributed by atoms with Gasteiger partial charge in [0.2, 0.25) is 5.78 Å². The van der Waals surface area contributed by atoms with Crippen molar-refractivity contribution in [3.63, 3.8) is 0 Å². The monoisotopic (exact) mass is 323 g/mol. The van der Waals surface area contributed by atoms with E-state index in [1.165, 1.54) is 0 Å². The number of ether oxygens (including phenoxy) is 1. The second kappa shape index (κ2) is 5.44. The van der Waals surface area contributed by atoms with E-state index in [1.807, 2.05) is 6.92 Å². The van der Waals surface area contributed by atoms with Crippen LogP contribution in [0.15, 0.2) is 28.9 Å². The highest BCUT2D eigenvalue weighted by molar-refractivity contribution is 9.10. The molecular weight excluding hydrogens is 310 g/mol. The lowest BCUT2D eigenvalue weighted by atomic mass is 10.1. The number of nitrogens with two attached hydrogens (primary N) is 1. The van der Waals surface area contributed by atoms with Gasteiger partial charge in [-0.15, -0.1) is 0 Å². The lowest BCUT2D eigenvalue weighted by molar-refractivity contribution is 0.102. The number of hydrogen-bond acceptors (Lipinski definition) is 4. The lowest BCUT2D eigenvalue weighted by Gasteiger charge is -2.08. The Labute approximate surface area is 119 Å². The molecular formula is C13H14BrN3O2. The highest BCUT2D eigenvalue weighted by atomic mass is 79.9. The first-order valence-corrected chi connectivity index (χ1v) is 6.57. The van der Waals surface area contributed by atoms with Crippen LogP contribution in [0.4, 0.5) is 5.69 Å². The summed E-state index contributed by atoms with van der Waals surface area (Å²) in [6.45, 7) is 2.54. The summed E-state index contributed by atoms with van der Waals surface area (Å²) >= 11 is 3.34. The minimum Gasteiger partial charge on any atom is -0.497 e. The van der Waals surface area contributed by atoms with Crippen molar-refractivity contribution in [2.45, 2.75) is 13.5 Å². The second-order valence-electron chi connectivity index (χ2n) is 3.94. The lowest BCUT2D eigenvalue weighted by Crippen LogP contribution is -2.13. The molecule has 0 atom stereocenters. The number of rotatable bonds is 4. The van der Waals surface area contributed by atoms with Crippen molar-refractivity contribution in [1.29, 1.82) is 0 Å². The Balaban J connectivity index is 2.47. The van der Waals surface area contributed by atoms with Crippen molar-refractivity contribution in [3.05, 3.63) is 40.1 Å². The number of methoxy groups -OCH3 is 1. The molecule has 0 saturated carbocycles. The van der Waals surface area contributed by atoms with Gasteiger partial charge in [0.25, 0.3) is 0 Å². The van der Waals surface area contributed by atoms with Crippen molar-refractivity contribution < 1.29 is 9.53 Å². The van der Waals surface area contributed by atoms with Gasteiger partial charge in [0, 0.05) is 23.9 Å². The number of hydrogen-bond donors (Lipinski definition) is 1. The Morgan fingerprint density at radius 3 is 2.84 bits per heavy atom. The van der Waals surface area contributed by atoms with Crippen LogP contribution in [-0.4, -0.2) is 22.7 Å². The summed E-state index contributed by atoms with van der Waals surface area (Å²) in [5.41, 5.74) is 7.23. The fourth-order valence-electron chi connectivity index (χ4n) is 1.83. The van der Waals surface area contributed by atoms with Gasteiger partial charge < -0.3 is 10.5 Å². The number of benzene rings is 1. The molecule has 0 radical (unpaired) electrons. The zero-order chi connectivity index (χ0) is 14.0. The largest absolute Gasteiger partial charge is 0.497 e. The van der Waals surface area contributed by atoms with Crippen molar-refractivity contribution in [2.75, 3.05) is 12.8 Å². The summed E-state index contributed by atoms with van der Waals surface area (Å²) in [4.78, 5) is 12.5. The molecule has 0 amide bonds. The molecule has 0 saturated heterocycles. The Kier molecular flexibility index (Phi) is 3.90. The number of carbonyl (C=O) groups excluding carboxylic acids is 1. The van der Waals surface area contributed by atoms with E-state index in [1.54, 1.807) is 36.2 Å². The highest BCUT2D eigenvalue weighted by Gasteiger charge is 2.20. The molecule has 1 aromatic carbocycles. The zero-order valence-electron chi connectivity index (χ0n) is 10.7. The van der Waals surface area contributed by atoms with Gasteiger partial charge in [0.05, 0.1) is 17.8 Å². The van der Waals surface area contributed by atoms with Crippen LogP contribution in [0.2, 0.25) is 0 Å². The van der Waals surface area contributed by atoms with Gasteiger partial charge in [0.15, 0.2) is 0 Å². The third-order valence-electron chi connectivity index (χ3n) is 2.81. The number of halogens is 1. The predicted molar refractivity (Wildman–Crippen MR) is 76.4 cm³/mol. The number of nitrogen functional groups attached to an aromatic ring is 1. The average molecular weight is 324 g/mol. The summed E-state index contributed by atoms with van der Waals surface area (Å²) in [6, 6.07) is 5.01. The number of nitrogens with zero attached hydrogens (tertiary/aromatic N) is 2. The Morgan fingerprint density at radius 1 is 1.53 bits per heavy atom. The third kappa shape index (κ3) is 2.49. The van der Waals surface area contributed by atoms with Crippen molar-refractivity contribution in [3.8, 4) is 5.75 Å². The van der Waals surface area contributed by atoms with Gasteiger partial charge in [-0.05, 0) is 35.0 Å². The smallest absolute Gasteiger partial charge is 0.214 e.